The van der Waals surface area contributed by atoms with E-state index in [4.69, 9.17) is 27.9 Å². The van der Waals surface area contributed by atoms with Crippen LogP contribution in [-0.2, 0) is 7.05 Å². The molecule has 0 bridgehead atoms. The third-order valence-electron chi connectivity index (χ3n) is 4.72. The van der Waals surface area contributed by atoms with Crippen molar-refractivity contribution in [1.29, 1.82) is 0 Å². The van der Waals surface area contributed by atoms with E-state index in [0.29, 0.717) is 53.2 Å². The Morgan fingerprint density at radius 1 is 1.14 bits per heavy atom. The van der Waals surface area contributed by atoms with Crippen LogP contribution in [0.4, 0.5) is 0 Å². The van der Waals surface area contributed by atoms with Gasteiger partial charge >= 0.3 is 0 Å². The zero-order chi connectivity index (χ0) is 21.0. The molecule has 0 spiro atoms. The molecule has 1 fully saturated rings. The molecule has 1 aliphatic rings. The second-order valence-electron chi connectivity index (χ2n) is 6.77. The number of hydrogen-bond acceptors (Lipinski definition) is 5. The Hall–Kier alpha value is -2.29. The number of aryl methyl sites for hydroxylation is 1. The third kappa shape index (κ3) is 5.41. The number of carbonyl (C=O) groups is 2. The fraction of sp³-hybridized carbons (Fsp3) is 0.421. The average molecular weight is 440 g/mol. The Bertz CT molecular complexity index is 874. The molecule has 10 heteroatoms. The number of hydrogen-bond donors (Lipinski definition) is 1. The number of benzene rings is 1. The van der Waals surface area contributed by atoms with E-state index >= 15 is 0 Å². The maximum absolute atomic E-state index is 12.7. The van der Waals surface area contributed by atoms with Crippen LogP contribution in [0, 0.1) is 0 Å². The molecule has 1 aromatic heterocycles. The smallest absolute Gasteiger partial charge is 0.261 e. The first-order valence-electron chi connectivity index (χ1n) is 9.21. The number of nitrogens with one attached hydrogen (secondary N) is 1. The monoisotopic (exact) mass is 439 g/mol. The SMILES string of the molecule is COc1nn(C)cc1C(=O)N1CCN(CCNC(=O)c2cc(Cl)cc(Cl)c2)CC1. The lowest BCUT2D eigenvalue weighted by molar-refractivity contribution is 0.0635. The summed E-state index contributed by atoms with van der Waals surface area (Å²) in [7, 11) is 3.26. The van der Waals surface area contributed by atoms with Crippen LogP contribution in [0.1, 0.15) is 20.7 Å². The summed E-state index contributed by atoms with van der Waals surface area (Å²) in [6.45, 7) is 3.86. The molecule has 1 aromatic carbocycles. The summed E-state index contributed by atoms with van der Waals surface area (Å²) in [6.07, 6.45) is 1.67. The third-order valence-corrected chi connectivity index (χ3v) is 5.15. The van der Waals surface area contributed by atoms with Crippen molar-refractivity contribution < 1.29 is 14.3 Å². The molecule has 3 rings (SSSR count). The highest BCUT2D eigenvalue weighted by molar-refractivity contribution is 6.35. The minimum absolute atomic E-state index is 0.0827. The second-order valence-corrected chi connectivity index (χ2v) is 7.65. The highest BCUT2D eigenvalue weighted by atomic mass is 35.5. The number of ether oxygens (including phenoxy) is 1. The maximum Gasteiger partial charge on any atom is 0.261 e. The van der Waals surface area contributed by atoms with Gasteiger partial charge in [-0.05, 0) is 18.2 Å². The average Bonchev–Trinajstić information content (AvgIpc) is 3.08. The van der Waals surface area contributed by atoms with E-state index in [0.717, 1.165) is 13.1 Å². The number of nitrogens with zero attached hydrogens (tertiary/aromatic N) is 4. The van der Waals surface area contributed by atoms with Crippen molar-refractivity contribution >= 4 is 35.0 Å². The lowest BCUT2D eigenvalue weighted by atomic mass is 10.2. The Morgan fingerprint density at radius 2 is 1.79 bits per heavy atom. The first-order chi connectivity index (χ1) is 13.9. The summed E-state index contributed by atoms with van der Waals surface area (Å²) in [5.41, 5.74) is 0.902. The van der Waals surface area contributed by atoms with Crippen molar-refractivity contribution in [3.63, 3.8) is 0 Å². The molecule has 156 valence electrons. The van der Waals surface area contributed by atoms with Crippen molar-refractivity contribution in [2.75, 3.05) is 46.4 Å². The van der Waals surface area contributed by atoms with Gasteiger partial charge in [0.1, 0.15) is 5.56 Å². The van der Waals surface area contributed by atoms with E-state index in [2.05, 4.69) is 15.3 Å². The highest BCUT2D eigenvalue weighted by Gasteiger charge is 2.26. The predicted octanol–water partition coefficient (Wildman–Crippen LogP) is 1.92. The molecule has 29 heavy (non-hydrogen) atoms. The van der Waals surface area contributed by atoms with Gasteiger partial charge in [-0.15, -0.1) is 5.10 Å². The zero-order valence-electron chi connectivity index (χ0n) is 16.3. The van der Waals surface area contributed by atoms with Gasteiger partial charge in [-0.1, -0.05) is 23.2 Å². The summed E-state index contributed by atoms with van der Waals surface area (Å²) in [6, 6.07) is 4.75. The zero-order valence-corrected chi connectivity index (χ0v) is 17.8. The first-order valence-corrected chi connectivity index (χ1v) is 9.96. The quantitative estimate of drug-likeness (QED) is 0.743. The number of methoxy groups -OCH3 is 1. The van der Waals surface area contributed by atoms with Crippen LogP contribution < -0.4 is 10.1 Å². The Labute approximate surface area is 179 Å². The number of amides is 2. The van der Waals surface area contributed by atoms with Gasteiger partial charge in [0.2, 0.25) is 5.88 Å². The summed E-state index contributed by atoms with van der Waals surface area (Å²) in [5, 5.41) is 7.85. The highest BCUT2D eigenvalue weighted by Crippen LogP contribution is 2.19. The van der Waals surface area contributed by atoms with Crippen LogP contribution in [0.5, 0.6) is 5.88 Å². The van der Waals surface area contributed by atoms with Gasteiger partial charge in [0.15, 0.2) is 0 Å². The fourth-order valence-corrected chi connectivity index (χ4v) is 3.75. The summed E-state index contributed by atoms with van der Waals surface area (Å²) in [5.74, 6) is 0.0383. The van der Waals surface area contributed by atoms with E-state index in [9.17, 15) is 9.59 Å². The van der Waals surface area contributed by atoms with E-state index in [1.165, 1.54) is 7.11 Å². The topological polar surface area (TPSA) is 79.7 Å². The minimum Gasteiger partial charge on any atom is -0.479 e. The summed E-state index contributed by atoms with van der Waals surface area (Å²) in [4.78, 5) is 28.9. The summed E-state index contributed by atoms with van der Waals surface area (Å²) >= 11 is 11.9. The number of aromatic nitrogens is 2. The van der Waals surface area contributed by atoms with Crippen molar-refractivity contribution in [3.05, 3.63) is 45.6 Å². The molecule has 0 atom stereocenters. The summed E-state index contributed by atoms with van der Waals surface area (Å²) < 4.78 is 6.75. The van der Waals surface area contributed by atoms with Crippen LogP contribution in [-0.4, -0.2) is 77.8 Å². The van der Waals surface area contributed by atoms with E-state index in [1.807, 2.05) is 0 Å². The number of halogens is 2. The van der Waals surface area contributed by atoms with Gasteiger partial charge in [-0.2, -0.15) is 0 Å². The van der Waals surface area contributed by atoms with Gasteiger partial charge in [0.25, 0.3) is 11.8 Å². The molecule has 0 saturated carbocycles. The van der Waals surface area contributed by atoms with Crippen molar-refractivity contribution in [1.82, 2.24) is 24.9 Å². The minimum atomic E-state index is -0.216. The fourth-order valence-electron chi connectivity index (χ4n) is 3.22. The van der Waals surface area contributed by atoms with E-state index < -0.39 is 0 Å². The molecule has 8 nitrogen and oxygen atoms in total. The van der Waals surface area contributed by atoms with Gasteiger partial charge in [0, 0.05) is 68.1 Å². The van der Waals surface area contributed by atoms with Crippen LogP contribution in [0.2, 0.25) is 10.0 Å². The molecule has 1 saturated heterocycles. The molecule has 1 N–H and O–H groups in total. The lowest BCUT2D eigenvalue weighted by Gasteiger charge is -2.34. The number of carbonyl (C=O) groups excluding carboxylic acids is 2. The number of piperazine rings is 1. The molecule has 2 amide bonds. The van der Waals surface area contributed by atoms with Crippen molar-refractivity contribution in [2.24, 2.45) is 7.05 Å². The Balaban J connectivity index is 1.45. The second kappa shape index (κ2) is 9.47. The molecule has 2 heterocycles. The molecule has 0 radical (unpaired) electrons. The van der Waals surface area contributed by atoms with Crippen LogP contribution >= 0.6 is 23.2 Å². The molecule has 1 aliphatic heterocycles. The molecular formula is C19H23Cl2N5O3. The van der Waals surface area contributed by atoms with Gasteiger partial charge in [0.05, 0.1) is 7.11 Å². The van der Waals surface area contributed by atoms with Crippen molar-refractivity contribution in [2.45, 2.75) is 0 Å². The van der Waals surface area contributed by atoms with Crippen LogP contribution in [0.25, 0.3) is 0 Å². The molecule has 0 aliphatic carbocycles. The van der Waals surface area contributed by atoms with Gasteiger partial charge in [-0.25, -0.2) is 0 Å². The van der Waals surface area contributed by atoms with E-state index in [1.54, 1.807) is 41.0 Å². The normalized spacial score (nSPS) is 14.7. The standard InChI is InChI=1S/C19H23Cl2N5O3/c1-24-12-16(18(23-24)29-2)19(28)26-7-5-25(6-8-26)4-3-22-17(27)13-9-14(20)11-15(21)10-13/h9-12H,3-8H2,1-2H3,(H,22,27). The van der Waals surface area contributed by atoms with Gasteiger partial charge < -0.3 is 15.0 Å². The molecule has 2 aromatic rings. The number of rotatable bonds is 6. The lowest BCUT2D eigenvalue weighted by Crippen LogP contribution is -2.50. The van der Waals surface area contributed by atoms with E-state index in [-0.39, 0.29) is 11.8 Å². The van der Waals surface area contributed by atoms with Crippen LogP contribution in [0.3, 0.4) is 0 Å². The maximum atomic E-state index is 12.7. The molecular weight excluding hydrogens is 417 g/mol. The Kier molecular flexibility index (Phi) is 7.00. The molecule has 0 unspecified atom stereocenters. The predicted molar refractivity (Wildman–Crippen MR) is 111 cm³/mol. The first kappa shape index (κ1) is 21.4. The largest absolute Gasteiger partial charge is 0.479 e. The van der Waals surface area contributed by atoms with Crippen LogP contribution in [0.15, 0.2) is 24.4 Å². The Morgan fingerprint density at radius 3 is 2.41 bits per heavy atom. The van der Waals surface area contributed by atoms with Gasteiger partial charge in [-0.3, -0.25) is 19.2 Å². The van der Waals surface area contributed by atoms with Crippen molar-refractivity contribution in [3.8, 4) is 5.88 Å².